The Morgan fingerprint density at radius 1 is 1.27 bits per heavy atom. The third kappa shape index (κ3) is 4.04. The van der Waals surface area contributed by atoms with Gasteiger partial charge in [0.15, 0.2) is 5.96 Å². The molecule has 3 N–H and O–H groups in total. The monoisotopic (exact) mass is 423 g/mol. The standard InChI is InChI=1S/C15H29N5O.HI/c1-14(2)10-11(14)18-13(17-5)19-6-8-20(9-7-19)15(3,4)12(16)21;/h11H,6-10H2,1-5H3,(H2,16,21)(H,17,18);1H. The number of nitrogens with two attached hydrogens (primary N) is 1. The topological polar surface area (TPSA) is 74.0 Å². The average molecular weight is 423 g/mol. The van der Waals surface area contributed by atoms with E-state index in [0.717, 1.165) is 32.1 Å². The van der Waals surface area contributed by atoms with Gasteiger partial charge in [-0.2, -0.15) is 0 Å². The number of nitrogens with zero attached hydrogens (tertiary/aromatic N) is 3. The van der Waals surface area contributed by atoms with Gasteiger partial charge in [0, 0.05) is 39.3 Å². The first-order chi connectivity index (χ1) is 9.68. The van der Waals surface area contributed by atoms with Gasteiger partial charge in [-0.05, 0) is 25.7 Å². The summed E-state index contributed by atoms with van der Waals surface area (Å²) >= 11 is 0. The second kappa shape index (κ2) is 6.90. The molecule has 0 radical (unpaired) electrons. The summed E-state index contributed by atoms with van der Waals surface area (Å²) in [6, 6.07) is 0.524. The SMILES string of the molecule is CN=C(NC1CC1(C)C)N1CCN(C(C)(C)C(N)=O)CC1.I. The molecule has 1 saturated heterocycles. The highest BCUT2D eigenvalue weighted by molar-refractivity contribution is 14.0. The summed E-state index contributed by atoms with van der Waals surface area (Å²) in [5, 5.41) is 3.54. The highest BCUT2D eigenvalue weighted by Gasteiger charge is 2.46. The summed E-state index contributed by atoms with van der Waals surface area (Å²) in [7, 11) is 1.83. The maximum absolute atomic E-state index is 11.5. The van der Waals surface area contributed by atoms with Gasteiger partial charge in [-0.1, -0.05) is 13.8 Å². The Morgan fingerprint density at radius 3 is 2.14 bits per heavy atom. The van der Waals surface area contributed by atoms with Crippen LogP contribution >= 0.6 is 24.0 Å². The number of nitrogens with one attached hydrogen (secondary N) is 1. The molecule has 1 aliphatic carbocycles. The van der Waals surface area contributed by atoms with Crippen LogP contribution in [0.1, 0.15) is 34.1 Å². The van der Waals surface area contributed by atoms with E-state index in [1.807, 2.05) is 20.9 Å². The van der Waals surface area contributed by atoms with E-state index in [4.69, 9.17) is 5.73 Å². The Kier molecular flexibility index (Phi) is 6.11. The molecule has 0 aromatic heterocycles. The van der Waals surface area contributed by atoms with Crippen LogP contribution in [0.15, 0.2) is 4.99 Å². The lowest BCUT2D eigenvalue weighted by molar-refractivity contribution is -0.129. The zero-order valence-electron chi connectivity index (χ0n) is 14.3. The minimum Gasteiger partial charge on any atom is -0.368 e. The zero-order chi connectivity index (χ0) is 15.8. The Bertz CT molecular complexity index is 441. The van der Waals surface area contributed by atoms with Gasteiger partial charge >= 0.3 is 0 Å². The molecule has 7 heteroatoms. The van der Waals surface area contributed by atoms with Gasteiger partial charge in [0.2, 0.25) is 5.91 Å². The first-order valence-electron chi connectivity index (χ1n) is 7.71. The molecule has 128 valence electrons. The highest BCUT2D eigenvalue weighted by Crippen LogP contribution is 2.44. The summed E-state index contributed by atoms with van der Waals surface area (Å²) in [5.74, 6) is 0.709. The summed E-state index contributed by atoms with van der Waals surface area (Å²) < 4.78 is 0. The zero-order valence-corrected chi connectivity index (χ0v) is 16.7. The van der Waals surface area contributed by atoms with Gasteiger partial charge in [-0.25, -0.2) is 0 Å². The van der Waals surface area contributed by atoms with Crippen LogP contribution in [0.5, 0.6) is 0 Å². The number of rotatable bonds is 3. The molecule has 1 unspecified atom stereocenters. The predicted octanol–water partition coefficient (Wildman–Crippen LogP) is 0.860. The van der Waals surface area contributed by atoms with Gasteiger partial charge in [0.25, 0.3) is 0 Å². The first kappa shape index (κ1) is 19.5. The van der Waals surface area contributed by atoms with Crippen molar-refractivity contribution in [1.29, 1.82) is 0 Å². The van der Waals surface area contributed by atoms with Crippen molar-refractivity contribution in [2.24, 2.45) is 16.1 Å². The molecule has 2 fully saturated rings. The molecule has 2 aliphatic rings. The van der Waals surface area contributed by atoms with Crippen molar-refractivity contribution in [3.63, 3.8) is 0 Å². The van der Waals surface area contributed by atoms with E-state index < -0.39 is 5.54 Å². The second-order valence-corrected chi connectivity index (χ2v) is 7.33. The van der Waals surface area contributed by atoms with Crippen LogP contribution < -0.4 is 11.1 Å². The van der Waals surface area contributed by atoms with Crippen LogP contribution in [0.2, 0.25) is 0 Å². The van der Waals surface area contributed by atoms with Gasteiger partial charge in [0.1, 0.15) is 0 Å². The normalized spacial score (nSPS) is 25.4. The molecule has 0 spiro atoms. The molecular formula is C15H30IN5O. The summed E-state index contributed by atoms with van der Waals surface area (Å²) in [6.07, 6.45) is 1.20. The van der Waals surface area contributed by atoms with E-state index in [2.05, 4.69) is 34.0 Å². The van der Waals surface area contributed by atoms with Crippen LogP contribution in [0.4, 0.5) is 0 Å². The lowest BCUT2D eigenvalue weighted by Gasteiger charge is -2.43. The fraction of sp³-hybridized carbons (Fsp3) is 0.867. The Hall–Kier alpha value is -0.570. The Balaban J connectivity index is 0.00000242. The molecular weight excluding hydrogens is 393 g/mol. The molecule has 22 heavy (non-hydrogen) atoms. The lowest BCUT2D eigenvalue weighted by Crippen LogP contribution is -2.61. The smallest absolute Gasteiger partial charge is 0.237 e. The van der Waals surface area contributed by atoms with Crippen LogP contribution in [0, 0.1) is 5.41 Å². The van der Waals surface area contributed by atoms with Crippen molar-refractivity contribution in [2.75, 3.05) is 33.2 Å². The van der Waals surface area contributed by atoms with Crippen molar-refractivity contribution in [3.05, 3.63) is 0 Å². The quantitative estimate of drug-likeness (QED) is 0.401. The summed E-state index contributed by atoms with van der Waals surface area (Å²) in [4.78, 5) is 20.4. The maximum Gasteiger partial charge on any atom is 0.237 e. The fourth-order valence-corrected chi connectivity index (χ4v) is 2.80. The third-order valence-electron chi connectivity index (χ3n) is 5.00. The molecule has 1 heterocycles. The number of carbonyl (C=O) groups is 1. The van der Waals surface area contributed by atoms with Gasteiger partial charge in [-0.3, -0.25) is 14.7 Å². The first-order valence-corrected chi connectivity index (χ1v) is 7.71. The van der Waals surface area contributed by atoms with E-state index >= 15 is 0 Å². The van der Waals surface area contributed by atoms with E-state index in [-0.39, 0.29) is 29.9 Å². The number of halogens is 1. The number of guanidine groups is 1. The van der Waals surface area contributed by atoms with Crippen molar-refractivity contribution in [1.82, 2.24) is 15.1 Å². The molecule has 0 bridgehead atoms. The van der Waals surface area contributed by atoms with Crippen LogP contribution in [-0.2, 0) is 4.79 Å². The van der Waals surface area contributed by atoms with Gasteiger partial charge in [-0.15, -0.1) is 24.0 Å². The van der Waals surface area contributed by atoms with Gasteiger partial charge < -0.3 is 16.0 Å². The fourth-order valence-electron chi connectivity index (χ4n) is 2.80. The second-order valence-electron chi connectivity index (χ2n) is 7.33. The number of primary amides is 1. The molecule has 6 nitrogen and oxygen atoms in total. The van der Waals surface area contributed by atoms with E-state index in [0.29, 0.717) is 11.5 Å². The maximum atomic E-state index is 11.5. The van der Waals surface area contributed by atoms with E-state index in [1.54, 1.807) is 0 Å². The molecule has 0 aromatic rings. The summed E-state index contributed by atoms with van der Waals surface area (Å²) in [5.41, 5.74) is 5.29. The van der Waals surface area contributed by atoms with Crippen molar-refractivity contribution >= 4 is 35.8 Å². The lowest BCUT2D eigenvalue weighted by atomic mass is 10.0. The molecule has 0 aromatic carbocycles. The number of carbonyl (C=O) groups excluding carboxylic acids is 1. The number of hydrogen-bond acceptors (Lipinski definition) is 3. The average Bonchev–Trinajstić information content (AvgIpc) is 3.03. The number of piperazine rings is 1. The summed E-state index contributed by atoms with van der Waals surface area (Å²) in [6.45, 7) is 11.7. The van der Waals surface area contributed by atoms with E-state index in [9.17, 15) is 4.79 Å². The van der Waals surface area contributed by atoms with Crippen molar-refractivity contribution in [2.45, 2.75) is 45.7 Å². The molecule has 1 saturated carbocycles. The largest absolute Gasteiger partial charge is 0.368 e. The van der Waals surface area contributed by atoms with Crippen LogP contribution in [0.3, 0.4) is 0 Å². The number of amides is 1. The van der Waals surface area contributed by atoms with Crippen molar-refractivity contribution in [3.8, 4) is 0 Å². The number of hydrogen-bond donors (Lipinski definition) is 2. The Labute approximate surface area is 150 Å². The van der Waals surface area contributed by atoms with Crippen LogP contribution in [0.25, 0.3) is 0 Å². The number of aliphatic imine (C=N–C) groups is 1. The molecule has 1 aliphatic heterocycles. The van der Waals surface area contributed by atoms with Crippen LogP contribution in [-0.4, -0.2) is 66.5 Å². The van der Waals surface area contributed by atoms with Crippen molar-refractivity contribution < 1.29 is 4.79 Å². The third-order valence-corrected chi connectivity index (χ3v) is 5.00. The minimum absolute atomic E-state index is 0. The van der Waals surface area contributed by atoms with Gasteiger partial charge in [0.05, 0.1) is 5.54 Å². The molecule has 1 atom stereocenters. The minimum atomic E-state index is -0.582. The molecule has 2 rings (SSSR count). The predicted molar refractivity (Wildman–Crippen MR) is 101 cm³/mol. The molecule has 1 amide bonds. The van der Waals surface area contributed by atoms with E-state index in [1.165, 1.54) is 6.42 Å². The highest BCUT2D eigenvalue weighted by atomic mass is 127. The Morgan fingerprint density at radius 2 is 1.77 bits per heavy atom.